The van der Waals surface area contributed by atoms with Gasteiger partial charge in [-0.1, -0.05) is 0 Å². The first-order valence-corrected chi connectivity index (χ1v) is 9.19. The van der Waals surface area contributed by atoms with Crippen LogP contribution in [0.4, 0.5) is 11.8 Å². The minimum absolute atomic E-state index is 0.266. The summed E-state index contributed by atoms with van der Waals surface area (Å²) in [6.45, 7) is 3.70. The van der Waals surface area contributed by atoms with Crippen molar-refractivity contribution < 1.29 is 9.47 Å². The zero-order valence-electron chi connectivity index (χ0n) is 16.3. The minimum atomic E-state index is 0.266. The van der Waals surface area contributed by atoms with Gasteiger partial charge in [-0.25, -0.2) is 9.97 Å². The summed E-state index contributed by atoms with van der Waals surface area (Å²) in [5, 5.41) is 0. The molecule has 1 saturated heterocycles. The first-order valence-electron chi connectivity index (χ1n) is 9.19. The molecule has 2 N–H and O–H groups in total. The lowest BCUT2D eigenvalue weighted by atomic mass is 10.1. The molecule has 0 atom stereocenters. The first kappa shape index (κ1) is 18.2. The van der Waals surface area contributed by atoms with E-state index in [1.54, 1.807) is 14.2 Å². The molecule has 0 aliphatic carbocycles. The molecule has 4 rings (SSSR count). The van der Waals surface area contributed by atoms with Gasteiger partial charge < -0.3 is 25.0 Å². The Morgan fingerprint density at radius 1 is 0.893 bits per heavy atom. The average Bonchev–Trinajstić information content (AvgIpc) is 2.73. The van der Waals surface area contributed by atoms with Crippen molar-refractivity contribution in [2.45, 2.75) is 0 Å². The van der Waals surface area contributed by atoms with Crippen LogP contribution in [0.25, 0.3) is 22.3 Å². The van der Waals surface area contributed by atoms with Gasteiger partial charge in [0.1, 0.15) is 5.52 Å². The van der Waals surface area contributed by atoms with Gasteiger partial charge in [-0.3, -0.25) is 0 Å². The topological polar surface area (TPSA) is 89.6 Å². The van der Waals surface area contributed by atoms with E-state index in [1.165, 1.54) is 0 Å². The van der Waals surface area contributed by atoms with Crippen molar-refractivity contribution in [3.05, 3.63) is 30.3 Å². The number of nitrogens with two attached hydrogens (primary N) is 1. The average molecular weight is 380 g/mol. The molecule has 0 unspecified atom stereocenters. The molecule has 1 aliphatic heterocycles. The van der Waals surface area contributed by atoms with Gasteiger partial charge in [-0.05, 0) is 37.4 Å². The maximum absolute atomic E-state index is 5.96. The summed E-state index contributed by atoms with van der Waals surface area (Å²) in [6, 6.07) is 9.63. The molecule has 146 valence electrons. The van der Waals surface area contributed by atoms with Gasteiger partial charge in [0.2, 0.25) is 5.95 Å². The third-order valence-corrected chi connectivity index (χ3v) is 5.02. The van der Waals surface area contributed by atoms with Gasteiger partial charge in [-0.15, -0.1) is 0 Å². The third kappa shape index (κ3) is 3.38. The van der Waals surface area contributed by atoms with E-state index in [0.717, 1.165) is 54.3 Å². The van der Waals surface area contributed by atoms with Crippen LogP contribution >= 0.6 is 0 Å². The van der Waals surface area contributed by atoms with Gasteiger partial charge in [0, 0.05) is 31.7 Å². The van der Waals surface area contributed by atoms with Crippen LogP contribution in [-0.4, -0.2) is 67.3 Å². The van der Waals surface area contributed by atoms with Crippen molar-refractivity contribution in [2.75, 3.05) is 58.1 Å². The highest BCUT2D eigenvalue weighted by Crippen LogP contribution is 2.33. The second-order valence-electron chi connectivity index (χ2n) is 6.83. The molecule has 3 aromatic rings. The van der Waals surface area contributed by atoms with Gasteiger partial charge in [-0.2, -0.15) is 4.98 Å². The summed E-state index contributed by atoms with van der Waals surface area (Å²) < 4.78 is 10.8. The molecule has 8 heteroatoms. The number of likely N-dealkylation sites (N-methyl/N-ethyl adjacent to an activating group) is 1. The lowest BCUT2D eigenvalue weighted by Crippen LogP contribution is -2.45. The monoisotopic (exact) mass is 380 g/mol. The maximum atomic E-state index is 5.96. The van der Waals surface area contributed by atoms with E-state index in [4.69, 9.17) is 20.2 Å². The Bertz CT molecular complexity index is 1000. The zero-order chi connectivity index (χ0) is 19.7. The second kappa shape index (κ2) is 7.47. The van der Waals surface area contributed by atoms with Crippen molar-refractivity contribution in [3.8, 4) is 22.8 Å². The predicted molar refractivity (Wildman–Crippen MR) is 110 cm³/mol. The number of hydrogen-bond acceptors (Lipinski definition) is 8. The standard InChI is InChI=1S/C20H24N6O2/c1-25-8-10-26(11-9-25)19-18-15(23-20(21)24-19)6-5-14(22-18)13-4-7-16(27-2)17(12-13)28-3/h4-7,12H,8-11H2,1-3H3,(H2,21,23,24). The van der Waals surface area contributed by atoms with Crippen molar-refractivity contribution in [1.82, 2.24) is 19.9 Å². The largest absolute Gasteiger partial charge is 0.493 e. The predicted octanol–water partition coefficient (Wildman–Crippen LogP) is 2.04. The van der Waals surface area contributed by atoms with Gasteiger partial charge in [0.25, 0.3) is 0 Å². The van der Waals surface area contributed by atoms with E-state index in [2.05, 4.69) is 26.8 Å². The molecule has 0 radical (unpaired) electrons. The summed E-state index contributed by atoms with van der Waals surface area (Å²) in [6.07, 6.45) is 0. The number of fused-ring (bicyclic) bond motifs is 1. The molecule has 1 aliphatic rings. The minimum Gasteiger partial charge on any atom is -0.493 e. The highest BCUT2D eigenvalue weighted by atomic mass is 16.5. The van der Waals surface area contributed by atoms with Crippen LogP contribution < -0.4 is 20.1 Å². The second-order valence-corrected chi connectivity index (χ2v) is 6.83. The van der Waals surface area contributed by atoms with E-state index in [9.17, 15) is 0 Å². The lowest BCUT2D eigenvalue weighted by molar-refractivity contribution is 0.312. The summed E-state index contributed by atoms with van der Waals surface area (Å²) in [5.41, 5.74) is 9.21. The number of pyridine rings is 1. The lowest BCUT2D eigenvalue weighted by Gasteiger charge is -2.33. The van der Waals surface area contributed by atoms with Crippen LogP contribution in [0, 0.1) is 0 Å². The van der Waals surface area contributed by atoms with Crippen LogP contribution in [0.1, 0.15) is 0 Å². The molecule has 1 fully saturated rings. The maximum Gasteiger partial charge on any atom is 0.222 e. The van der Waals surface area contributed by atoms with Gasteiger partial charge in [0.05, 0.1) is 25.4 Å². The summed E-state index contributed by atoms with van der Waals surface area (Å²) >= 11 is 0. The normalized spacial score (nSPS) is 15.0. The van der Waals surface area contributed by atoms with Crippen molar-refractivity contribution in [1.29, 1.82) is 0 Å². The number of nitrogens with zero attached hydrogens (tertiary/aromatic N) is 5. The number of rotatable bonds is 4. The number of nitrogen functional groups attached to an aromatic ring is 1. The van der Waals surface area contributed by atoms with E-state index in [0.29, 0.717) is 11.5 Å². The van der Waals surface area contributed by atoms with E-state index >= 15 is 0 Å². The Morgan fingerprint density at radius 2 is 1.64 bits per heavy atom. The van der Waals surface area contributed by atoms with Crippen molar-refractivity contribution in [2.24, 2.45) is 0 Å². The van der Waals surface area contributed by atoms with Crippen molar-refractivity contribution >= 4 is 22.8 Å². The fraction of sp³-hybridized carbons (Fsp3) is 0.350. The first-order chi connectivity index (χ1) is 13.6. The van der Waals surface area contributed by atoms with E-state index in [1.807, 2.05) is 30.3 Å². The number of aromatic nitrogens is 3. The molecular formula is C20H24N6O2. The van der Waals surface area contributed by atoms with Crippen LogP contribution in [0.3, 0.4) is 0 Å². The Balaban J connectivity index is 1.80. The quantitative estimate of drug-likeness (QED) is 0.736. The van der Waals surface area contributed by atoms with Crippen LogP contribution in [-0.2, 0) is 0 Å². The number of benzene rings is 1. The number of piperazine rings is 1. The Kier molecular flexibility index (Phi) is 4.87. The van der Waals surface area contributed by atoms with Crippen LogP contribution in [0.15, 0.2) is 30.3 Å². The highest BCUT2D eigenvalue weighted by molar-refractivity contribution is 5.88. The molecule has 28 heavy (non-hydrogen) atoms. The van der Waals surface area contributed by atoms with E-state index < -0.39 is 0 Å². The van der Waals surface area contributed by atoms with Crippen molar-refractivity contribution in [3.63, 3.8) is 0 Å². The number of hydrogen-bond donors (Lipinski definition) is 1. The molecule has 8 nitrogen and oxygen atoms in total. The molecule has 1 aromatic carbocycles. The zero-order valence-corrected chi connectivity index (χ0v) is 16.3. The Morgan fingerprint density at radius 3 is 2.36 bits per heavy atom. The summed E-state index contributed by atoms with van der Waals surface area (Å²) in [5.74, 6) is 2.40. The Hall–Kier alpha value is -3.13. The fourth-order valence-electron chi connectivity index (χ4n) is 3.41. The fourth-order valence-corrected chi connectivity index (χ4v) is 3.41. The van der Waals surface area contributed by atoms with Gasteiger partial charge in [0.15, 0.2) is 17.3 Å². The van der Waals surface area contributed by atoms with Crippen LogP contribution in [0.2, 0.25) is 0 Å². The van der Waals surface area contributed by atoms with Crippen LogP contribution in [0.5, 0.6) is 11.5 Å². The number of ether oxygens (including phenoxy) is 2. The molecule has 0 amide bonds. The van der Waals surface area contributed by atoms with Gasteiger partial charge >= 0.3 is 0 Å². The number of methoxy groups -OCH3 is 2. The molecule has 0 spiro atoms. The molecule has 2 aromatic heterocycles. The molecule has 0 saturated carbocycles. The SMILES string of the molecule is COc1ccc(-c2ccc3nc(N)nc(N4CCN(C)CC4)c3n2)cc1OC. The summed E-state index contributed by atoms with van der Waals surface area (Å²) in [7, 11) is 5.37. The molecular weight excluding hydrogens is 356 g/mol. The molecule has 0 bridgehead atoms. The number of anilines is 2. The third-order valence-electron chi connectivity index (χ3n) is 5.02. The Labute approximate surface area is 163 Å². The van der Waals surface area contributed by atoms with E-state index in [-0.39, 0.29) is 5.95 Å². The smallest absolute Gasteiger partial charge is 0.222 e. The molecule has 3 heterocycles. The summed E-state index contributed by atoms with van der Waals surface area (Å²) in [4.78, 5) is 18.3. The highest BCUT2D eigenvalue weighted by Gasteiger charge is 2.20.